The largest absolute Gasteiger partial charge is 0.349 e. The van der Waals surface area contributed by atoms with E-state index in [1.54, 1.807) is 4.90 Å². The number of carbonyl (C=O) groups excluding carboxylic acids is 1. The van der Waals surface area contributed by atoms with Gasteiger partial charge in [-0.15, -0.1) is 0 Å². The molecule has 0 aromatic carbocycles. The number of carbonyl (C=O) groups is 1. The van der Waals surface area contributed by atoms with E-state index in [1.165, 1.54) is 96.3 Å². The predicted molar refractivity (Wildman–Crippen MR) is 132 cm³/mol. The molecule has 1 amide bonds. The van der Waals surface area contributed by atoms with Crippen LogP contribution >= 0.6 is 0 Å². The molecule has 0 radical (unpaired) electrons. The summed E-state index contributed by atoms with van der Waals surface area (Å²) >= 11 is 0. The van der Waals surface area contributed by atoms with Crippen molar-refractivity contribution in [2.45, 2.75) is 135 Å². The van der Waals surface area contributed by atoms with E-state index >= 15 is 0 Å². The van der Waals surface area contributed by atoms with Crippen LogP contribution in [-0.4, -0.2) is 24.9 Å². The summed E-state index contributed by atoms with van der Waals surface area (Å²) < 4.78 is 0. The first-order valence-corrected chi connectivity index (χ1v) is 12.8. The molecule has 0 aliphatic rings. The van der Waals surface area contributed by atoms with Crippen LogP contribution < -0.4 is 0 Å². The second-order valence-electron chi connectivity index (χ2n) is 8.80. The minimum Gasteiger partial charge on any atom is -0.349 e. The van der Waals surface area contributed by atoms with E-state index in [-0.39, 0.29) is 5.91 Å². The van der Waals surface area contributed by atoms with E-state index in [0.717, 1.165) is 25.7 Å². The fourth-order valence-electron chi connectivity index (χ4n) is 3.51. The first-order chi connectivity index (χ1) is 14.7. The zero-order valence-electron chi connectivity index (χ0n) is 20.5. The maximum absolute atomic E-state index is 11.5. The van der Waals surface area contributed by atoms with Gasteiger partial charge in [-0.05, 0) is 31.1 Å². The predicted octanol–water partition coefficient (Wildman–Crippen LogP) is 7.90. The molecule has 0 spiro atoms. The number of hydrogen-bond acceptors (Lipinski definition) is 1. The van der Waals surface area contributed by atoms with Crippen LogP contribution in [0.25, 0.3) is 0 Å². The van der Waals surface area contributed by atoms with E-state index < -0.39 is 0 Å². The summed E-state index contributed by atoms with van der Waals surface area (Å²) in [6.07, 6.45) is 24.9. The summed E-state index contributed by atoms with van der Waals surface area (Å²) in [5, 5.41) is 0. The summed E-state index contributed by atoms with van der Waals surface area (Å²) in [5.74, 6) is 12.7. The van der Waals surface area contributed by atoms with E-state index in [9.17, 15) is 4.79 Å². The normalized spacial score (nSPS) is 10.1. The van der Waals surface area contributed by atoms with Gasteiger partial charge in [0.15, 0.2) is 0 Å². The number of nitrogens with zero attached hydrogens (tertiary/aromatic N) is 1. The molecular weight excluding hydrogens is 366 g/mol. The van der Waals surface area contributed by atoms with Crippen LogP contribution in [0.4, 0.5) is 0 Å². The van der Waals surface area contributed by atoms with Gasteiger partial charge in [-0.3, -0.25) is 4.79 Å². The van der Waals surface area contributed by atoms with Crippen molar-refractivity contribution >= 4 is 5.91 Å². The van der Waals surface area contributed by atoms with Gasteiger partial charge >= 0.3 is 0 Å². The molecule has 0 rings (SSSR count). The Labute approximate surface area is 189 Å². The van der Waals surface area contributed by atoms with Gasteiger partial charge in [-0.1, -0.05) is 109 Å². The van der Waals surface area contributed by atoms with Gasteiger partial charge in [0.25, 0.3) is 0 Å². The first kappa shape index (κ1) is 28.6. The molecule has 0 saturated heterocycles. The van der Waals surface area contributed by atoms with E-state index in [1.807, 2.05) is 14.1 Å². The minimum atomic E-state index is 0.245. The molecule has 0 atom stereocenters. The molecule has 30 heavy (non-hydrogen) atoms. The Bertz CT molecular complexity index is 500. The SMILES string of the molecule is CCCCCCCCCCCCCC#CC#CCCCCCCCCC(=O)N(C)C. The Morgan fingerprint density at radius 3 is 1.33 bits per heavy atom. The number of amides is 1. The molecule has 0 N–H and O–H groups in total. The van der Waals surface area contributed by atoms with Crippen LogP contribution in [0.15, 0.2) is 0 Å². The van der Waals surface area contributed by atoms with Crippen molar-refractivity contribution in [2.24, 2.45) is 0 Å². The molecular formula is C28H49NO. The summed E-state index contributed by atoms with van der Waals surface area (Å²) in [5.41, 5.74) is 0. The fourth-order valence-corrected chi connectivity index (χ4v) is 3.51. The highest BCUT2D eigenvalue weighted by Crippen LogP contribution is 2.12. The zero-order chi connectivity index (χ0) is 22.1. The van der Waals surface area contributed by atoms with Crippen LogP contribution in [0.1, 0.15) is 135 Å². The molecule has 2 heteroatoms. The molecule has 0 aliphatic carbocycles. The third-order valence-corrected chi connectivity index (χ3v) is 5.59. The van der Waals surface area contributed by atoms with Crippen molar-refractivity contribution in [1.82, 2.24) is 4.90 Å². The highest BCUT2D eigenvalue weighted by atomic mass is 16.2. The Hall–Kier alpha value is -1.41. The first-order valence-electron chi connectivity index (χ1n) is 12.8. The third-order valence-electron chi connectivity index (χ3n) is 5.59. The lowest BCUT2D eigenvalue weighted by Gasteiger charge is -2.09. The van der Waals surface area contributed by atoms with Crippen LogP contribution in [0, 0.1) is 23.7 Å². The third kappa shape index (κ3) is 22.9. The van der Waals surface area contributed by atoms with Crippen LogP contribution in [0.3, 0.4) is 0 Å². The summed E-state index contributed by atoms with van der Waals surface area (Å²) in [4.78, 5) is 13.1. The number of hydrogen-bond donors (Lipinski definition) is 0. The summed E-state index contributed by atoms with van der Waals surface area (Å²) in [6, 6.07) is 0. The number of unbranched alkanes of at least 4 members (excludes halogenated alkanes) is 17. The van der Waals surface area contributed by atoms with E-state index in [2.05, 4.69) is 30.6 Å². The van der Waals surface area contributed by atoms with Gasteiger partial charge in [-0.2, -0.15) is 0 Å². The molecule has 0 heterocycles. The van der Waals surface area contributed by atoms with E-state index in [0.29, 0.717) is 6.42 Å². The quantitative estimate of drug-likeness (QED) is 0.155. The smallest absolute Gasteiger partial charge is 0.222 e. The van der Waals surface area contributed by atoms with Gasteiger partial charge in [0.05, 0.1) is 0 Å². The van der Waals surface area contributed by atoms with Gasteiger partial charge < -0.3 is 4.90 Å². The molecule has 0 fully saturated rings. The maximum atomic E-state index is 11.5. The monoisotopic (exact) mass is 415 g/mol. The highest BCUT2D eigenvalue weighted by Gasteiger charge is 2.02. The molecule has 0 bridgehead atoms. The van der Waals surface area contributed by atoms with Crippen LogP contribution in [0.2, 0.25) is 0 Å². The zero-order valence-corrected chi connectivity index (χ0v) is 20.5. The Balaban J connectivity index is 3.29. The van der Waals surface area contributed by atoms with Gasteiger partial charge in [-0.25, -0.2) is 0 Å². The number of rotatable bonds is 19. The van der Waals surface area contributed by atoms with Crippen LogP contribution in [0.5, 0.6) is 0 Å². The van der Waals surface area contributed by atoms with Crippen molar-refractivity contribution in [1.29, 1.82) is 0 Å². The molecule has 2 nitrogen and oxygen atoms in total. The molecule has 0 saturated carbocycles. The second kappa shape index (κ2) is 23.9. The van der Waals surface area contributed by atoms with Crippen molar-refractivity contribution < 1.29 is 4.79 Å². The lowest BCUT2D eigenvalue weighted by atomic mass is 10.1. The minimum absolute atomic E-state index is 0.245. The second-order valence-corrected chi connectivity index (χ2v) is 8.80. The molecule has 172 valence electrons. The summed E-state index contributed by atoms with van der Waals surface area (Å²) in [7, 11) is 3.65. The Morgan fingerprint density at radius 2 is 0.933 bits per heavy atom. The standard InChI is InChI=1S/C28H49NO/c1-4-5-6-7-8-9-10-11-12-13-14-15-16-17-18-19-20-21-22-23-24-25-26-27-28(30)29(2)3/h4-15,20-27H2,1-3H3. The Morgan fingerprint density at radius 1 is 0.567 bits per heavy atom. The van der Waals surface area contributed by atoms with Crippen molar-refractivity contribution in [2.75, 3.05) is 14.1 Å². The molecule has 0 unspecified atom stereocenters. The fraction of sp³-hybridized carbons (Fsp3) is 0.821. The topological polar surface area (TPSA) is 20.3 Å². The van der Waals surface area contributed by atoms with Gasteiger partial charge in [0.1, 0.15) is 0 Å². The van der Waals surface area contributed by atoms with E-state index in [4.69, 9.17) is 0 Å². The summed E-state index contributed by atoms with van der Waals surface area (Å²) in [6.45, 7) is 2.28. The van der Waals surface area contributed by atoms with Crippen molar-refractivity contribution in [3.05, 3.63) is 0 Å². The Kier molecular flexibility index (Phi) is 22.7. The molecule has 0 aliphatic heterocycles. The van der Waals surface area contributed by atoms with Crippen molar-refractivity contribution in [3.63, 3.8) is 0 Å². The lowest BCUT2D eigenvalue weighted by Crippen LogP contribution is -2.20. The maximum Gasteiger partial charge on any atom is 0.222 e. The van der Waals surface area contributed by atoms with Crippen molar-refractivity contribution in [3.8, 4) is 23.7 Å². The van der Waals surface area contributed by atoms with Gasteiger partial charge in [0, 0.05) is 33.4 Å². The average Bonchev–Trinajstić information content (AvgIpc) is 2.74. The van der Waals surface area contributed by atoms with Gasteiger partial charge in [0.2, 0.25) is 5.91 Å². The molecule has 0 aromatic heterocycles. The lowest BCUT2D eigenvalue weighted by molar-refractivity contribution is -0.128. The molecule has 0 aromatic rings. The van der Waals surface area contributed by atoms with Crippen LogP contribution in [-0.2, 0) is 4.79 Å². The average molecular weight is 416 g/mol. The highest BCUT2D eigenvalue weighted by molar-refractivity contribution is 5.75.